The van der Waals surface area contributed by atoms with Crippen LogP contribution in [-0.2, 0) is 25.8 Å². The van der Waals surface area contributed by atoms with Crippen LogP contribution < -0.4 is 11.1 Å². The van der Waals surface area contributed by atoms with Gasteiger partial charge in [0.25, 0.3) is 5.91 Å². The molecule has 126 valence electrons. The van der Waals surface area contributed by atoms with Crippen molar-refractivity contribution in [3.05, 3.63) is 39.2 Å². The van der Waals surface area contributed by atoms with Gasteiger partial charge >= 0.3 is 0 Å². The van der Waals surface area contributed by atoms with Gasteiger partial charge in [0.15, 0.2) is 0 Å². The highest BCUT2D eigenvalue weighted by Gasteiger charge is 2.15. The maximum absolute atomic E-state index is 11.9. The first kappa shape index (κ1) is 18.0. The summed E-state index contributed by atoms with van der Waals surface area (Å²) in [6.45, 7) is 0.953. The summed E-state index contributed by atoms with van der Waals surface area (Å²) in [5.41, 5.74) is 7.30. The van der Waals surface area contributed by atoms with E-state index in [1.165, 1.54) is 41.1 Å². The number of aryl methyl sites for hydroxylation is 3. The van der Waals surface area contributed by atoms with E-state index < -0.39 is 0 Å². The van der Waals surface area contributed by atoms with Crippen LogP contribution in [0.1, 0.15) is 51.0 Å². The first-order valence-corrected chi connectivity index (χ1v) is 8.61. The van der Waals surface area contributed by atoms with E-state index in [1.54, 1.807) is 6.07 Å². The first-order valence-electron chi connectivity index (χ1n) is 7.79. The standard InChI is InChI=1S/C16H21N3O2S.ClH/c17-9-12-8-11(10-21-12)16(20)18-7-3-6-15-19-13-4-1-2-5-14(13)22-15;/h8,10H,1-7,9,17H2,(H,18,20);1H. The van der Waals surface area contributed by atoms with Crippen molar-refractivity contribution in [2.75, 3.05) is 6.54 Å². The Hall–Kier alpha value is -1.37. The Morgan fingerprint density at radius 3 is 2.96 bits per heavy atom. The number of furan rings is 1. The zero-order valence-electron chi connectivity index (χ0n) is 13.0. The minimum absolute atomic E-state index is 0. The van der Waals surface area contributed by atoms with E-state index in [0.29, 0.717) is 24.4 Å². The quantitative estimate of drug-likeness (QED) is 0.781. The van der Waals surface area contributed by atoms with Gasteiger partial charge in [0, 0.05) is 17.8 Å². The van der Waals surface area contributed by atoms with Gasteiger partial charge in [-0.15, -0.1) is 23.7 Å². The summed E-state index contributed by atoms with van der Waals surface area (Å²) in [5.74, 6) is 0.514. The van der Waals surface area contributed by atoms with Crippen LogP contribution in [0.5, 0.6) is 0 Å². The minimum Gasteiger partial charge on any atom is -0.467 e. The molecule has 0 atom stereocenters. The van der Waals surface area contributed by atoms with E-state index in [1.807, 2.05) is 11.3 Å². The fourth-order valence-corrected chi connectivity index (χ4v) is 3.86. The number of carbonyl (C=O) groups is 1. The van der Waals surface area contributed by atoms with Crippen LogP contribution in [0, 0.1) is 0 Å². The van der Waals surface area contributed by atoms with Crippen molar-refractivity contribution >= 4 is 29.7 Å². The lowest BCUT2D eigenvalue weighted by Crippen LogP contribution is -2.24. The molecule has 3 N–H and O–H groups in total. The monoisotopic (exact) mass is 355 g/mol. The minimum atomic E-state index is -0.109. The van der Waals surface area contributed by atoms with Gasteiger partial charge in [0.1, 0.15) is 12.0 Å². The van der Waals surface area contributed by atoms with Crippen molar-refractivity contribution in [1.29, 1.82) is 0 Å². The highest BCUT2D eigenvalue weighted by atomic mass is 35.5. The number of thiazole rings is 1. The molecular weight excluding hydrogens is 334 g/mol. The third kappa shape index (κ3) is 4.56. The predicted molar refractivity (Wildman–Crippen MR) is 93.3 cm³/mol. The molecule has 0 spiro atoms. The van der Waals surface area contributed by atoms with E-state index in [4.69, 9.17) is 15.1 Å². The van der Waals surface area contributed by atoms with E-state index in [2.05, 4.69) is 5.32 Å². The van der Waals surface area contributed by atoms with Crippen LogP contribution in [0.25, 0.3) is 0 Å². The molecule has 2 aromatic heterocycles. The normalized spacial score (nSPS) is 13.3. The van der Waals surface area contributed by atoms with E-state index >= 15 is 0 Å². The second-order valence-corrected chi connectivity index (χ2v) is 6.72. The Bertz CT molecular complexity index is 630. The van der Waals surface area contributed by atoms with Crippen LogP contribution in [0.3, 0.4) is 0 Å². The van der Waals surface area contributed by atoms with E-state index in [-0.39, 0.29) is 18.3 Å². The number of carbonyl (C=O) groups excluding carboxylic acids is 1. The second-order valence-electron chi connectivity index (χ2n) is 5.55. The molecule has 0 aliphatic heterocycles. The van der Waals surface area contributed by atoms with Crippen molar-refractivity contribution in [1.82, 2.24) is 10.3 Å². The predicted octanol–water partition coefficient (Wildman–Crippen LogP) is 2.86. The lowest BCUT2D eigenvalue weighted by Gasteiger charge is -2.06. The van der Waals surface area contributed by atoms with Crippen molar-refractivity contribution in [3.63, 3.8) is 0 Å². The zero-order chi connectivity index (χ0) is 15.4. The second kappa shape index (κ2) is 8.47. The molecule has 0 radical (unpaired) electrons. The van der Waals surface area contributed by atoms with Crippen LogP contribution in [0.4, 0.5) is 0 Å². The molecule has 23 heavy (non-hydrogen) atoms. The van der Waals surface area contributed by atoms with Crippen LogP contribution in [0.2, 0.25) is 0 Å². The maximum atomic E-state index is 11.9. The molecule has 0 saturated carbocycles. The average molecular weight is 356 g/mol. The molecule has 0 aromatic carbocycles. The number of aromatic nitrogens is 1. The van der Waals surface area contributed by atoms with Crippen molar-refractivity contribution in [3.8, 4) is 0 Å². The summed E-state index contributed by atoms with van der Waals surface area (Å²) in [5, 5.41) is 4.11. The maximum Gasteiger partial charge on any atom is 0.254 e. The van der Waals surface area contributed by atoms with E-state index in [9.17, 15) is 4.79 Å². The Kier molecular flexibility index (Phi) is 6.62. The third-order valence-electron chi connectivity index (χ3n) is 3.86. The number of halogens is 1. The molecule has 0 bridgehead atoms. The molecule has 0 saturated heterocycles. The van der Waals surface area contributed by atoms with E-state index in [0.717, 1.165) is 19.3 Å². The Morgan fingerprint density at radius 2 is 2.22 bits per heavy atom. The summed E-state index contributed by atoms with van der Waals surface area (Å²) in [6.07, 6.45) is 8.16. The van der Waals surface area contributed by atoms with Crippen molar-refractivity contribution in [2.45, 2.75) is 45.1 Å². The Morgan fingerprint density at radius 1 is 1.39 bits per heavy atom. The summed E-state index contributed by atoms with van der Waals surface area (Å²) in [4.78, 5) is 18.1. The lowest BCUT2D eigenvalue weighted by molar-refractivity contribution is 0.0952. The number of nitrogens with two attached hydrogens (primary N) is 1. The Labute approximate surface area is 146 Å². The smallest absolute Gasteiger partial charge is 0.254 e. The van der Waals surface area contributed by atoms with Gasteiger partial charge in [-0.05, 0) is 38.2 Å². The number of rotatable bonds is 6. The first-order chi connectivity index (χ1) is 10.8. The third-order valence-corrected chi connectivity index (χ3v) is 5.08. The molecule has 7 heteroatoms. The number of nitrogens with one attached hydrogen (secondary N) is 1. The largest absolute Gasteiger partial charge is 0.467 e. The highest BCUT2D eigenvalue weighted by molar-refractivity contribution is 7.11. The summed E-state index contributed by atoms with van der Waals surface area (Å²) >= 11 is 1.84. The fraction of sp³-hybridized carbons (Fsp3) is 0.500. The fourth-order valence-electron chi connectivity index (χ4n) is 2.66. The number of nitrogens with zero attached hydrogens (tertiary/aromatic N) is 1. The topological polar surface area (TPSA) is 81.2 Å². The average Bonchev–Trinajstić information content (AvgIpc) is 3.17. The molecular formula is C16H22ClN3O2S. The Balaban J connectivity index is 0.00000192. The van der Waals surface area contributed by atoms with Crippen LogP contribution in [0.15, 0.2) is 16.7 Å². The SMILES string of the molecule is Cl.NCc1cc(C(=O)NCCCc2nc3c(s2)CCCC3)co1. The summed E-state index contributed by atoms with van der Waals surface area (Å²) in [7, 11) is 0. The molecule has 3 rings (SSSR count). The van der Waals surface area contributed by atoms with Gasteiger partial charge in [-0.1, -0.05) is 0 Å². The number of hydrogen-bond donors (Lipinski definition) is 2. The van der Waals surface area contributed by atoms with Crippen LogP contribution in [-0.4, -0.2) is 17.4 Å². The van der Waals surface area contributed by atoms with Crippen LogP contribution >= 0.6 is 23.7 Å². The van der Waals surface area contributed by atoms with Gasteiger partial charge in [-0.2, -0.15) is 0 Å². The number of hydrogen-bond acceptors (Lipinski definition) is 5. The number of amides is 1. The highest BCUT2D eigenvalue weighted by Crippen LogP contribution is 2.27. The summed E-state index contributed by atoms with van der Waals surface area (Å²) < 4.78 is 5.16. The number of fused-ring (bicyclic) bond motifs is 1. The molecule has 0 fully saturated rings. The van der Waals surface area contributed by atoms with Gasteiger partial charge < -0.3 is 15.5 Å². The van der Waals surface area contributed by atoms with Gasteiger partial charge in [0.2, 0.25) is 0 Å². The van der Waals surface area contributed by atoms with Crippen molar-refractivity contribution in [2.24, 2.45) is 5.73 Å². The molecule has 2 aromatic rings. The molecule has 5 nitrogen and oxygen atoms in total. The van der Waals surface area contributed by atoms with Gasteiger partial charge in [0.05, 0.1) is 22.8 Å². The molecule has 0 unspecified atom stereocenters. The summed E-state index contributed by atoms with van der Waals surface area (Å²) in [6, 6.07) is 1.68. The molecule has 1 aliphatic rings. The van der Waals surface area contributed by atoms with Gasteiger partial charge in [-0.25, -0.2) is 4.98 Å². The lowest BCUT2D eigenvalue weighted by atomic mass is 10.0. The van der Waals surface area contributed by atoms with Crippen molar-refractivity contribution < 1.29 is 9.21 Å². The molecule has 1 amide bonds. The molecule has 2 heterocycles. The molecule has 1 aliphatic carbocycles. The zero-order valence-corrected chi connectivity index (χ0v) is 14.6. The van der Waals surface area contributed by atoms with Gasteiger partial charge in [-0.3, -0.25) is 4.79 Å².